The SMILES string of the molecule is Cc1ccccc1C(=O)NCC(=O)N1CCC(C2CCCC2)CC1. The maximum atomic E-state index is 12.4. The number of hydrogen-bond acceptors (Lipinski definition) is 2. The van der Waals surface area contributed by atoms with E-state index >= 15 is 0 Å². The van der Waals surface area contributed by atoms with Crippen LogP contribution in [0, 0.1) is 18.8 Å². The zero-order valence-corrected chi connectivity index (χ0v) is 14.6. The van der Waals surface area contributed by atoms with E-state index in [0.717, 1.165) is 43.3 Å². The molecule has 2 fully saturated rings. The van der Waals surface area contributed by atoms with Gasteiger partial charge < -0.3 is 10.2 Å². The van der Waals surface area contributed by atoms with Gasteiger partial charge >= 0.3 is 0 Å². The van der Waals surface area contributed by atoms with Gasteiger partial charge in [-0.15, -0.1) is 0 Å². The Kier molecular flexibility index (Phi) is 5.54. The third kappa shape index (κ3) is 3.97. The van der Waals surface area contributed by atoms with Crippen molar-refractivity contribution in [1.82, 2.24) is 10.2 Å². The van der Waals surface area contributed by atoms with Crippen molar-refractivity contribution in [2.45, 2.75) is 45.4 Å². The molecule has 0 bridgehead atoms. The zero-order valence-electron chi connectivity index (χ0n) is 14.6. The Morgan fingerprint density at radius 2 is 1.67 bits per heavy atom. The van der Waals surface area contributed by atoms with Crippen LogP contribution < -0.4 is 5.32 Å². The average Bonchev–Trinajstić information content (AvgIpc) is 3.14. The highest BCUT2D eigenvalue weighted by Crippen LogP contribution is 2.36. The van der Waals surface area contributed by atoms with Crippen LogP contribution in [0.4, 0.5) is 0 Å². The Bertz CT molecular complexity index is 585. The number of benzene rings is 1. The number of carbonyl (C=O) groups is 2. The third-order valence-corrected chi connectivity index (χ3v) is 5.75. The molecule has 0 unspecified atom stereocenters. The molecule has 0 radical (unpaired) electrons. The van der Waals surface area contributed by atoms with Crippen molar-refractivity contribution in [2.75, 3.05) is 19.6 Å². The van der Waals surface area contributed by atoms with E-state index in [1.165, 1.54) is 25.7 Å². The van der Waals surface area contributed by atoms with Crippen molar-refractivity contribution < 1.29 is 9.59 Å². The first-order valence-electron chi connectivity index (χ1n) is 9.27. The van der Waals surface area contributed by atoms with E-state index in [2.05, 4.69) is 5.32 Å². The van der Waals surface area contributed by atoms with Crippen LogP contribution in [-0.4, -0.2) is 36.3 Å². The van der Waals surface area contributed by atoms with Crippen molar-refractivity contribution >= 4 is 11.8 Å². The first-order chi connectivity index (χ1) is 11.6. The predicted octanol–water partition coefficient (Wildman–Crippen LogP) is 3.15. The second-order valence-electron chi connectivity index (χ2n) is 7.26. The molecule has 1 saturated carbocycles. The highest BCUT2D eigenvalue weighted by molar-refractivity contribution is 5.97. The van der Waals surface area contributed by atoms with Gasteiger partial charge in [-0.1, -0.05) is 43.9 Å². The Morgan fingerprint density at radius 3 is 2.33 bits per heavy atom. The number of nitrogens with one attached hydrogen (secondary N) is 1. The van der Waals surface area contributed by atoms with Gasteiger partial charge in [-0.25, -0.2) is 0 Å². The Labute approximate surface area is 144 Å². The molecule has 3 rings (SSSR count). The van der Waals surface area contributed by atoms with E-state index in [-0.39, 0.29) is 18.4 Å². The monoisotopic (exact) mass is 328 g/mol. The number of likely N-dealkylation sites (tertiary alicyclic amines) is 1. The molecule has 4 nitrogen and oxygen atoms in total. The van der Waals surface area contributed by atoms with Gasteiger partial charge in [0, 0.05) is 18.7 Å². The highest BCUT2D eigenvalue weighted by Gasteiger charge is 2.30. The smallest absolute Gasteiger partial charge is 0.251 e. The van der Waals surface area contributed by atoms with Gasteiger partial charge in [0.05, 0.1) is 6.54 Å². The van der Waals surface area contributed by atoms with Gasteiger partial charge in [0.1, 0.15) is 0 Å². The molecule has 1 aromatic rings. The second kappa shape index (κ2) is 7.82. The molecular formula is C20H28N2O2. The van der Waals surface area contributed by atoms with Crippen LogP contribution in [0.3, 0.4) is 0 Å². The minimum Gasteiger partial charge on any atom is -0.343 e. The molecule has 1 saturated heterocycles. The molecule has 24 heavy (non-hydrogen) atoms. The molecule has 0 aromatic heterocycles. The van der Waals surface area contributed by atoms with Crippen molar-refractivity contribution in [3.05, 3.63) is 35.4 Å². The summed E-state index contributed by atoms with van der Waals surface area (Å²) in [5, 5.41) is 2.77. The summed E-state index contributed by atoms with van der Waals surface area (Å²) in [5.74, 6) is 1.57. The van der Waals surface area contributed by atoms with E-state index in [4.69, 9.17) is 0 Å². The number of hydrogen-bond donors (Lipinski definition) is 1. The molecule has 1 aromatic carbocycles. The first kappa shape index (κ1) is 17.0. The lowest BCUT2D eigenvalue weighted by atomic mass is 9.83. The minimum atomic E-state index is -0.165. The van der Waals surface area contributed by atoms with Gasteiger partial charge in [-0.3, -0.25) is 9.59 Å². The molecule has 2 aliphatic rings. The molecular weight excluding hydrogens is 300 g/mol. The summed E-state index contributed by atoms with van der Waals surface area (Å²) in [6.07, 6.45) is 7.78. The number of aryl methyl sites for hydroxylation is 1. The lowest BCUT2D eigenvalue weighted by molar-refractivity contribution is -0.131. The van der Waals surface area contributed by atoms with E-state index in [0.29, 0.717) is 5.56 Å². The van der Waals surface area contributed by atoms with E-state index in [1.54, 1.807) is 6.07 Å². The van der Waals surface area contributed by atoms with Crippen molar-refractivity contribution in [3.8, 4) is 0 Å². The molecule has 130 valence electrons. The predicted molar refractivity (Wildman–Crippen MR) is 94.8 cm³/mol. The molecule has 4 heteroatoms. The largest absolute Gasteiger partial charge is 0.343 e. The summed E-state index contributed by atoms with van der Waals surface area (Å²) >= 11 is 0. The fourth-order valence-electron chi connectivity index (χ4n) is 4.24. The fourth-order valence-corrected chi connectivity index (χ4v) is 4.24. The summed E-state index contributed by atoms with van der Waals surface area (Å²) in [7, 11) is 0. The van der Waals surface area contributed by atoms with Crippen molar-refractivity contribution in [3.63, 3.8) is 0 Å². The van der Waals surface area contributed by atoms with Crippen LogP contribution in [0.1, 0.15) is 54.4 Å². The second-order valence-corrected chi connectivity index (χ2v) is 7.26. The first-order valence-corrected chi connectivity index (χ1v) is 9.27. The number of piperidine rings is 1. The van der Waals surface area contributed by atoms with Gasteiger partial charge in [0.2, 0.25) is 5.91 Å². The molecule has 1 aliphatic carbocycles. The topological polar surface area (TPSA) is 49.4 Å². The standard InChI is InChI=1S/C20H28N2O2/c1-15-6-2-5-9-18(15)20(24)21-14-19(23)22-12-10-17(11-13-22)16-7-3-4-8-16/h2,5-6,9,16-17H,3-4,7-8,10-14H2,1H3,(H,21,24). The summed E-state index contributed by atoms with van der Waals surface area (Å²) in [6, 6.07) is 7.45. The minimum absolute atomic E-state index is 0.0433. The quantitative estimate of drug-likeness (QED) is 0.923. The Hall–Kier alpha value is -1.84. The normalized spacial score (nSPS) is 19.5. The highest BCUT2D eigenvalue weighted by atomic mass is 16.2. The third-order valence-electron chi connectivity index (χ3n) is 5.75. The number of nitrogens with zero attached hydrogens (tertiary/aromatic N) is 1. The van der Waals surface area contributed by atoms with E-state index in [9.17, 15) is 9.59 Å². The average molecular weight is 328 g/mol. The van der Waals surface area contributed by atoms with Crippen LogP contribution in [0.5, 0.6) is 0 Å². The van der Waals surface area contributed by atoms with Gasteiger partial charge in [-0.05, 0) is 43.2 Å². The summed E-state index contributed by atoms with van der Waals surface area (Å²) < 4.78 is 0. The van der Waals surface area contributed by atoms with Gasteiger partial charge in [0.25, 0.3) is 5.91 Å². The van der Waals surface area contributed by atoms with E-state index in [1.807, 2.05) is 30.0 Å². The van der Waals surface area contributed by atoms with Crippen LogP contribution in [0.25, 0.3) is 0 Å². The zero-order chi connectivity index (χ0) is 16.9. The number of rotatable bonds is 4. The van der Waals surface area contributed by atoms with Gasteiger partial charge in [0.15, 0.2) is 0 Å². The van der Waals surface area contributed by atoms with Crippen LogP contribution >= 0.6 is 0 Å². The number of amides is 2. The Morgan fingerprint density at radius 1 is 1.04 bits per heavy atom. The summed E-state index contributed by atoms with van der Waals surface area (Å²) in [4.78, 5) is 26.5. The fraction of sp³-hybridized carbons (Fsp3) is 0.600. The lowest BCUT2D eigenvalue weighted by Gasteiger charge is -2.35. The van der Waals surface area contributed by atoms with Crippen molar-refractivity contribution in [1.29, 1.82) is 0 Å². The molecule has 0 spiro atoms. The summed E-state index contributed by atoms with van der Waals surface area (Å²) in [5.41, 5.74) is 1.57. The van der Waals surface area contributed by atoms with Crippen LogP contribution in [0.2, 0.25) is 0 Å². The molecule has 1 aliphatic heterocycles. The van der Waals surface area contributed by atoms with Gasteiger partial charge in [-0.2, -0.15) is 0 Å². The molecule has 2 amide bonds. The Balaban J connectivity index is 1.44. The lowest BCUT2D eigenvalue weighted by Crippen LogP contribution is -2.44. The van der Waals surface area contributed by atoms with Crippen LogP contribution in [-0.2, 0) is 4.79 Å². The molecule has 0 atom stereocenters. The van der Waals surface area contributed by atoms with Crippen molar-refractivity contribution in [2.24, 2.45) is 11.8 Å². The number of carbonyl (C=O) groups excluding carboxylic acids is 2. The molecule has 1 N–H and O–H groups in total. The maximum Gasteiger partial charge on any atom is 0.251 e. The van der Waals surface area contributed by atoms with Crippen LogP contribution in [0.15, 0.2) is 24.3 Å². The molecule has 1 heterocycles. The summed E-state index contributed by atoms with van der Waals surface area (Å²) in [6.45, 7) is 3.70. The maximum absolute atomic E-state index is 12.4. The van der Waals surface area contributed by atoms with E-state index < -0.39 is 0 Å².